The molecule has 15 heavy (non-hydrogen) atoms. The van der Waals surface area contributed by atoms with Crippen LogP contribution in [0, 0.1) is 0 Å². The Morgan fingerprint density at radius 3 is 2.73 bits per heavy atom. The Kier molecular flexibility index (Phi) is 3.16. The molecule has 0 aromatic heterocycles. The van der Waals surface area contributed by atoms with Crippen molar-refractivity contribution in [1.82, 2.24) is 0 Å². The van der Waals surface area contributed by atoms with E-state index in [1.165, 1.54) is 12.5 Å². The summed E-state index contributed by atoms with van der Waals surface area (Å²) in [5.74, 6) is 0.800. The van der Waals surface area contributed by atoms with Gasteiger partial charge >= 0.3 is 0 Å². The van der Waals surface area contributed by atoms with E-state index in [1.807, 2.05) is 25.1 Å². The third kappa shape index (κ3) is 2.09. The van der Waals surface area contributed by atoms with Gasteiger partial charge in [-0.3, -0.25) is 0 Å². The maximum Gasteiger partial charge on any atom is 0.267 e. The highest BCUT2D eigenvalue weighted by Crippen LogP contribution is 2.35. The van der Waals surface area contributed by atoms with E-state index in [4.69, 9.17) is 14.2 Å². The van der Waals surface area contributed by atoms with Gasteiger partial charge in [0.2, 0.25) is 0 Å². The van der Waals surface area contributed by atoms with Gasteiger partial charge in [-0.05, 0) is 28.9 Å². The first kappa shape index (κ1) is 10.4. The first-order chi connectivity index (χ1) is 7.33. The van der Waals surface area contributed by atoms with Crippen molar-refractivity contribution >= 4 is 15.9 Å². The maximum atomic E-state index is 5.46. The average Bonchev–Trinajstić information content (AvgIpc) is 2.74. The zero-order valence-corrected chi connectivity index (χ0v) is 9.86. The average molecular weight is 271 g/mol. The van der Waals surface area contributed by atoms with Gasteiger partial charge in [-0.15, -0.1) is 0 Å². The molecule has 0 fully saturated rings. The van der Waals surface area contributed by atoms with Crippen LogP contribution in [0.1, 0.15) is 18.8 Å². The molecular formula is C11H11BrO3. The van der Waals surface area contributed by atoms with Crippen molar-refractivity contribution in [3.63, 3.8) is 0 Å². The Bertz CT molecular complexity index is 368. The summed E-state index contributed by atoms with van der Waals surface area (Å²) in [5, 5.41) is 0. The quantitative estimate of drug-likeness (QED) is 0.843. The van der Waals surface area contributed by atoms with Crippen LogP contribution >= 0.6 is 15.9 Å². The molecule has 0 saturated heterocycles. The second kappa shape index (κ2) is 4.57. The van der Waals surface area contributed by atoms with Gasteiger partial charge in [-0.2, -0.15) is 0 Å². The molecule has 4 heteroatoms. The van der Waals surface area contributed by atoms with E-state index in [0.717, 1.165) is 15.8 Å². The zero-order valence-electron chi connectivity index (χ0n) is 8.27. The van der Waals surface area contributed by atoms with E-state index in [1.54, 1.807) is 0 Å². The van der Waals surface area contributed by atoms with Crippen LogP contribution in [0.3, 0.4) is 0 Å². The normalized spacial score (nSPS) is 14.8. The lowest BCUT2D eigenvalue weighted by molar-refractivity contribution is -0.0253. The summed E-state index contributed by atoms with van der Waals surface area (Å²) >= 11 is 3.48. The molecule has 0 aliphatic carbocycles. The fourth-order valence-corrected chi connectivity index (χ4v) is 1.93. The molecule has 0 bridgehead atoms. The van der Waals surface area contributed by atoms with Crippen LogP contribution < -0.4 is 4.74 Å². The van der Waals surface area contributed by atoms with Gasteiger partial charge in [-0.25, -0.2) is 0 Å². The monoisotopic (exact) mass is 270 g/mol. The van der Waals surface area contributed by atoms with Crippen LogP contribution in [0.15, 0.2) is 35.2 Å². The minimum absolute atomic E-state index is 0.375. The van der Waals surface area contributed by atoms with E-state index in [9.17, 15) is 0 Å². The molecule has 1 aliphatic heterocycles. The molecule has 0 radical (unpaired) electrons. The van der Waals surface area contributed by atoms with Crippen molar-refractivity contribution in [3.8, 4) is 5.75 Å². The van der Waals surface area contributed by atoms with Crippen molar-refractivity contribution in [2.75, 3.05) is 6.61 Å². The van der Waals surface area contributed by atoms with Crippen LogP contribution in [0.25, 0.3) is 0 Å². The van der Waals surface area contributed by atoms with Crippen LogP contribution in [0.2, 0.25) is 0 Å². The highest BCUT2D eigenvalue weighted by molar-refractivity contribution is 9.10. The fourth-order valence-electron chi connectivity index (χ4n) is 1.36. The first-order valence-corrected chi connectivity index (χ1v) is 5.49. The predicted octanol–water partition coefficient (Wildman–Crippen LogP) is 3.36. The van der Waals surface area contributed by atoms with E-state index < -0.39 is 0 Å². The number of rotatable bonds is 3. The minimum Gasteiger partial charge on any atom is -0.493 e. The smallest absolute Gasteiger partial charge is 0.267 e. The van der Waals surface area contributed by atoms with E-state index in [0.29, 0.717) is 6.61 Å². The van der Waals surface area contributed by atoms with Crippen LogP contribution in [0.5, 0.6) is 5.75 Å². The zero-order chi connectivity index (χ0) is 10.7. The molecule has 0 N–H and O–H groups in total. The molecule has 1 aromatic rings. The molecule has 0 atom stereocenters. The highest BCUT2D eigenvalue weighted by Gasteiger charge is 2.20. The van der Waals surface area contributed by atoms with E-state index in [-0.39, 0.29) is 6.29 Å². The molecule has 1 heterocycles. The topological polar surface area (TPSA) is 27.7 Å². The summed E-state index contributed by atoms with van der Waals surface area (Å²) in [4.78, 5) is 0. The van der Waals surface area contributed by atoms with Gasteiger partial charge in [0.1, 0.15) is 18.3 Å². The molecular weight excluding hydrogens is 260 g/mol. The fraction of sp³-hybridized carbons (Fsp3) is 0.273. The summed E-state index contributed by atoms with van der Waals surface area (Å²) in [6.07, 6.45) is 2.69. The van der Waals surface area contributed by atoms with Crippen molar-refractivity contribution in [2.45, 2.75) is 13.2 Å². The Labute approximate surface area is 96.8 Å². The maximum absolute atomic E-state index is 5.46. The van der Waals surface area contributed by atoms with Crippen molar-refractivity contribution in [2.24, 2.45) is 0 Å². The van der Waals surface area contributed by atoms with E-state index >= 15 is 0 Å². The van der Waals surface area contributed by atoms with Crippen LogP contribution in [-0.4, -0.2) is 6.61 Å². The van der Waals surface area contributed by atoms with E-state index in [2.05, 4.69) is 15.9 Å². The molecule has 3 nitrogen and oxygen atoms in total. The number of ether oxygens (including phenoxy) is 3. The lowest BCUT2D eigenvalue weighted by Crippen LogP contribution is -2.01. The summed E-state index contributed by atoms with van der Waals surface area (Å²) in [5.41, 5.74) is 0.922. The Morgan fingerprint density at radius 1 is 1.33 bits per heavy atom. The molecule has 0 unspecified atom stereocenters. The number of halogens is 1. The van der Waals surface area contributed by atoms with Gasteiger partial charge in [0.15, 0.2) is 0 Å². The van der Waals surface area contributed by atoms with Gasteiger partial charge in [0, 0.05) is 0 Å². The van der Waals surface area contributed by atoms with Crippen molar-refractivity contribution in [3.05, 3.63) is 40.8 Å². The molecule has 0 saturated carbocycles. The standard InChI is InChI=1S/C11H11BrO3/c1-2-13-9-5-3-4-8(10(9)12)11-14-6-7-15-11/h3-7,11H,2H2,1H3. The number of benzene rings is 1. The molecule has 80 valence electrons. The van der Waals surface area contributed by atoms with Gasteiger partial charge in [0.25, 0.3) is 6.29 Å². The third-order valence-electron chi connectivity index (χ3n) is 2.01. The van der Waals surface area contributed by atoms with Gasteiger partial charge in [-0.1, -0.05) is 12.1 Å². The number of hydrogen-bond donors (Lipinski definition) is 0. The Balaban J connectivity index is 2.27. The van der Waals surface area contributed by atoms with Crippen molar-refractivity contribution < 1.29 is 14.2 Å². The van der Waals surface area contributed by atoms with Crippen molar-refractivity contribution in [1.29, 1.82) is 0 Å². The summed E-state index contributed by atoms with van der Waals surface area (Å²) < 4.78 is 16.9. The van der Waals surface area contributed by atoms with Gasteiger partial charge < -0.3 is 14.2 Å². The number of hydrogen-bond acceptors (Lipinski definition) is 3. The van der Waals surface area contributed by atoms with Crippen LogP contribution in [0.4, 0.5) is 0 Å². The summed E-state index contributed by atoms with van der Waals surface area (Å²) in [6.45, 7) is 2.58. The second-order valence-electron chi connectivity index (χ2n) is 2.97. The Morgan fingerprint density at radius 2 is 2.07 bits per heavy atom. The lowest BCUT2D eigenvalue weighted by atomic mass is 10.2. The summed E-state index contributed by atoms with van der Waals surface area (Å²) in [6, 6.07) is 5.75. The lowest BCUT2D eigenvalue weighted by Gasteiger charge is -2.14. The molecule has 2 rings (SSSR count). The molecule has 1 aliphatic rings. The highest BCUT2D eigenvalue weighted by atomic mass is 79.9. The summed E-state index contributed by atoms with van der Waals surface area (Å²) in [7, 11) is 0. The molecule has 0 spiro atoms. The first-order valence-electron chi connectivity index (χ1n) is 4.70. The molecule has 0 amide bonds. The second-order valence-corrected chi connectivity index (χ2v) is 3.76. The SMILES string of the molecule is CCOc1cccc(C2OC=CO2)c1Br. The molecule has 1 aromatic carbocycles. The Hall–Kier alpha value is -1.16. The minimum atomic E-state index is -0.375. The van der Waals surface area contributed by atoms with Gasteiger partial charge in [0.05, 0.1) is 16.6 Å². The third-order valence-corrected chi connectivity index (χ3v) is 2.86. The van der Waals surface area contributed by atoms with Crippen LogP contribution in [-0.2, 0) is 9.47 Å². The predicted molar refractivity (Wildman–Crippen MR) is 59.4 cm³/mol. The largest absolute Gasteiger partial charge is 0.493 e.